The second kappa shape index (κ2) is 8.95. The SMILES string of the molecule is Cc1ccccc1OCCCNC(=O)CC1CSCCN1. The van der Waals surface area contributed by atoms with Gasteiger partial charge in [0.15, 0.2) is 0 Å². The fraction of sp³-hybridized carbons (Fsp3) is 0.562. The number of hydrogen-bond acceptors (Lipinski definition) is 4. The molecule has 1 heterocycles. The van der Waals surface area contributed by atoms with E-state index in [1.807, 2.05) is 43.0 Å². The zero-order valence-corrected chi connectivity index (χ0v) is 13.4. The quantitative estimate of drug-likeness (QED) is 0.756. The molecule has 2 N–H and O–H groups in total. The first-order chi connectivity index (χ1) is 10.3. The van der Waals surface area contributed by atoms with E-state index in [0.29, 0.717) is 25.6 Å². The molecule has 1 aliphatic heterocycles. The molecular formula is C16H24N2O2S. The van der Waals surface area contributed by atoms with Gasteiger partial charge in [-0.25, -0.2) is 0 Å². The normalized spacial score (nSPS) is 18.2. The van der Waals surface area contributed by atoms with Crippen LogP contribution < -0.4 is 15.4 Å². The molecule has 4 nitrogen and oxygen atoms in total. The molecule has 5 heteroatoms. The Hall–Kier alpha value is -1.20. The third-order valence-electron chi connectivity index (χ3n) is 3.42. The Morgan fingerprint density at radius 1 is 1.48 bits per heavy atom. The molecule has 0 saturated carbocycles. The van der Waals surface area contributed by atoms with Crippen molar-refractivity contribution in [1.29, 1.82) is 0 Å². The molecule has 1 aliphatic rings. The van der Waals surface area contributed by atoms with Crippen molar-refractivity contribution < 1.29 is 9.53 Å². The second-order valence-corrected chi connectivity index (χ2v) is 6.40. The molecule has 0 bridgehead atoms. The maximum absolute atomic E-state index is 11.8. The first kappa shape index (κ1) is 16.2. The van der Waals surface area contributed by atoms with Gasteiger partial charge in [-0.15, -0.1) is 0 Å². The molecule has 0 aliphatic carbocycles. The summed E-state index contributed by atoms with van der Waals surface area (Å²) in [6.45, 7) is 4.34. The Kier molecular flexibility index (Phi) is 6.89. The Balaban J connectivity index is 1.55. The van der Waals surface area contributed by atoms with Crippen molar-refractivity contribution in [2.24, 2.45) is 0 Å². The first-order valence-electron chi connectivity index (χ1n) is 7.52. The largest absolute Gasteiger partial charge is 0.493 e. The van der Waals surface area contributed by atoms with E-state index >= 15 is 0 Å². The third kappa shape index (κ3) is 5.98. The van der Waals surface area contributed by atoms with Gasteiger partial charge in [0.1, 0.15) is 5.75 Å². The van der Waals surface area contributed by atoms with Crippen molar-refractivity contribution in [2.45, 2.75) is 25.8 Å². The zero-order chi connectivity index (χ0) is 14.9. The molecule has 1 aromatic carbocycles. The highest BCUT2D eigenvalue weighted by Crippen LogP contribution is 2.16. The van der Waals surface area contributed by atoms with Gasteiger partial charge in [-0.1, -0.05) is 18.2 Å². The molecule has 1 unspecified atom stereocenters. The van der Waals surface area contributed by atoms with Gasteiger partial charge >= 0.3 is 0 Å². The molecule has 0 radical (unpaired) electrons. The van der Waals surface area contributed by atoms with Crippen molar-refractivity contribution in [2.75, 3.05) is 31.2 Å². The number of ether oxygens (including phenoxy) is 1. The van der Waals surface area contributed by atoms with Gasteiger partial charge in [0.05, 0.1) is 6.61 Å². The minimum atomic E-state index is 0.130. The number of carbonyl (C=O) groups is 1. The topological polar surface area (TPSA) is 50.4 Å². The highest BCUT2D eigenvalue weighted by Gasteiger charge is 2.16. The van der Waals surface area contributed by atoms with Crippen molar-refractivity contribution in [3.8, 4) is 5.75 Å². The molecule has 1 saturated heterocycles. The van der Waals surface area contributed by atoms with Crippen LogP contribution in [0.3, 0.4) is 0 Å². The predicted molar refractivity (Wildman–Crippen MR) is 88.0 cm³/mol. The highest BCUT2D eigenvalue weighted by molar-refractivity contribution is 7.99. The van der Waals surface area contributed by atoms with Crippen molar-refractivity contribution in [3.63, 3.8) is 0 Å². The molecule has 1 amide bonds. The predicted octanol–water partition coefficient (Wildman–Crippen LogP) is 1.98. The van der Waals surface area contributed by atoms with Crippen LogP contribution in [0.15, 0.2) is 24.3 Å². The van der Waals surface area contributed by atoms with Gasteiger partial charge < -0.3 is 15.4 Å². The van der Waals surface area contributed by atoms with Crippen LogP contribution in [0.5, 0.6) is 5.75 Å². The number of thioether (sulfide) groups is 1. The number of carbonyl (C=O) groups excluding carboxylic acids is 1. The number of rotatable bonds is 7. The summed E-state index contributed by atoms with van der Waals surface area (Å²) < 4.78 is 5.70. The van der Waals surface area contributed by atoms with Crippen molar-refractivity contribution in [3.05, 3.63) is 29.8 Å². The van der Waals surface area contributed by atoms with E-state index in [4.69, 9.17) is 4.74 Å². The van der Waals surface area contributed by atoms with Crippen molar-refractivity contribution >= 4 is 17.7 Å². The van der Waals surface area contributed by atoms with Crippen LogP contribution >= 0.6 is 11.8 Å². The summed E-state index contributed by atoms with van der Waals surface area (Å²) >= 11 is 1.91. The molecule has 2 rings (SSSR count). The summed E-state index contributed by atoms with van der Waals surface area (Å²) in [6, 6.07) is 8.30. The van der Waals surface area contributed by atoms with Crippen LogP contribution in [0.1, 0.15) is 18.4 Å². The van der Waals surface area contributed by atoms with E-state index in [0.717, 1.165) is 35.8 Å². The number of benzene rings is 1. The Bertz CT molecular complexity index is 448. The molecule has 1 aromatic rings. The lowest BCUT2D eigenvalue weighted by Crippen LogP contribution is -2.41. The number of aryl methyl sites for hydroxylation is 1. The highest BCUT2D eigenvalue weighted by atomic mass is 32.2. The molecule has 0 spiro atoms. The lowest BCUT2D eigenvalue weighted by atomic mass is 10.2. The van der Waals surface area contributed by atoms with Crippen molar-refractivity contribution in [1.82, 2.24) is 10.6 Å². The van der Waals surface area contributed by atoms with E-state index in [2.05, 4.69) is 10.6 Å². The van der Waals surface area contributed by atoms with E-state index in [9.17, 15) is 4.79 Å². The summed E-state index contributed by atoms with van der Waals surface area (Å²) in [5, 5.41) is 6.34. The first-order valence-corrected chi connectivity index (χ1v) is 8.67. The fourth-order valence-corrected chi connectivity index (χ4v) is 3.20. The van der Waals surface area contributed by atoms with Crippen LogP contribution in [0.4, 0.5) is 0 Å². The average Bonchev–Trinajstić information content (AvgIpc) is 2.50. The lowest BCUT2D eigenvalue weighted by molar-refractivity contribution is -0.121. The number of nitrogens with one attached hydrogen (secondary N) is 2. The number of para-hydroxylation sites is 1. The van der Waals surface area contributed by atoms with Crippen LogP contribution in [0, 0.1) is 6.92 Å². The summed E-state index contributed by atoms with van der Waals surface area (Å²) in [6.07, 6.45) is 1.40. The maximum Gasteiger partial charge on any atom is 0.221 e. The molecular weight excluding hydrogens is 284 g/mol. The Morgan fingerprint density at radius 2 is 2.33 bits per heavy atom. The van der Waals surface area contributed by atoms with Gasteiger partial charge in [0.25, 0.3) is 0 Å². The molecule has 1 fully saturated rings. The van der Waals surface area contributed by atoms with Crippen LogP contribution in [0.2, 0.25) is 0 Å². The summed E-state index contributed by atoms with van der Waals surface area (Å²) in [7, 11) is 0. The molecule has 116 valence electrons. The van der Waals surface area contributed by atoms with E-state index < -0.39 is 0 Å². The molecule has 1 atom stereocenters. The minimum Gasteiger partial charge on any atom is -0.493 e. The smallest absolute Gasteiger partial charge is 0.221 e. The monoisotopic (exact) mass is 308 g/mol. The fourth-order valence-electron chi connectivity index (χ4n) is 2.25. The minimum absolute atomic E-state index is 0.130. The lowest BCUT2D eigenvalue weighted by Gasteiger charge is -2.22. The third-order valence-corrected chi connectivity index (χ3v) is 4.56. The number of hydrogen-bond donors (Lipinski definition) is 2. The summed E-state index contributed by atoms with van der Waals surface area (Å²) in [4.78, 5) is 11.8. The standard InChI is InChI=1S/C16H24N2O2S/c1-13-5-2-3-6-15(13)20-9-4-7-18-16(19)11-14-12-21-10-8-17-14/h2-3,5-6,14,17H,4,7-12H2,1H3,(H,18,19). The Labute approximate surface area is 131 Å². The van der Waals surface area contributed by atoms with Crippen LogP contribution in [-0.4, -0.2) is 43.2 Å². The second-order valence-electron chi connectivity index (χ2n) is 5.25. The maximum atomic E-state index is 11.8. The van der Waals surface area contributed by atoms with E-state index in [1.54, 1.807) is 0 Å². The average molecular weight is 308 g/mol. The van der Waals surface area contributed by atoms with Crippen LogP contribution in [-0.2, 0) is 4.79 Å². The molecule has 21 heavy (non-hydrogen) atoms. The van der Waals surface area contributed by atoms with Gasteiger partial charge in [-0.05, 0) is 25.0 Å². The summed E-state index contributed by atoms with van der Waals surface area (Å²) in [5.41, 5.74) is 1.14. The molecule has 0 aromatic heterocycles. The van der Waals surface area contributed by atoms with E-state index in [1.165, 1.54) is 0 Å². The van der Waals surface area contributed by atoms with Gasteiger partial charge in [-0.2, -0.15) is 11.8 Å². The van der Waals surface area contributed by atoms with Gasteiger partial charge in [0.2, 0.25) is 5.91 Å². The van der Waals surface area contributed by atoms with Gasteiger partial charge in [0, 0.05) is 37.1 Å². The zero-order valence-electron chi connectivity index (χ0n) is 12.6. The Morgan fingerprint density at radius 3 is 3.10 bits per heavy atom. The number of amides is 1. The summed E-state index contributed by atoms with van der Waals surface area (Å²) in [5.74, 6) is 3.23. The van der Waals surface area contributed by atoms with Crippen LogP contribution in [0.25, 0.3) is 0 Å². The van der Waals surface area contributed by atoms with E-state index in [-0.39, 0.29) is 5.91 Å². The van der Waals surface area contributed by atoms with Gasteiger partial charge in [-0.3, -0.25) is 4.79 Å².